The van der Waals surface area contributed by atoms with Crippen molar-refractivity contribution in [2.24, 2.45) is 0 Å². The Morgan fingerprint density at radius 3 is 2.44 bits per heavy atom. The summed E-state index contributed by atoms with van der Waals surface area (Å²) < 4.78 is 9.85. The predicted octanol–water partition coefficient (Wildman–Crippen LogP) is 3.04. The van der Waals surface area contributed by atoms with Gasteiger partial charge in [0.25, 0.3) is 5.69 Å². The molecule has 128 valence electrons. The lowest BCUT2D eigenvalue weighted by atomic mass is 10.1. The number of esters is 1. The van der Waals surface area contributed by atoms with Crippen molar-refractivity contribution in [3.05, 3.63) is 75.8 Å². The number of Topliss-reactive ketones (excluding diaryl/α,β-unsaturated/α-hetero) is 1. The molecule has 7 heteroatoms. The minimum atomic E-state index is -0.764. The number of nitrogens with zero attached hydrogens (tertiary/aromatic N) is 1. The standard InChI is InChI=1S/C18H15NO6/c1-24-15-9-6-14(7-10-15)17(20)12-25-18(21)11-8-13-4-2-3-5-16(13)19(22)23/h2-11H,12H2,1H3. The maximum absolute atomic E-state index is 11.9. The zero-order chi connectivity index (χ0) is 18.2. The van der Waals surface area contributed by atoms with Gasteiger partial charge in [-0.1, -0.05) is 12.1 Å². The summed E-state index contributed by atoms with van der Waals surface area (Å²) in [7, 11) is 1.52. The molecule has 0 aliphatic rings. The molecule has 2 rings (SSSR count). The van der Waals surface area contributed by atoms with Crippen LogP contribution < -0.4 is 4.74 Å². The smallest absolute Gasteiger partial charge is 0.331 e. The molecular formula is C18H15NO6. The molecule has 7 nitrogen and oxygen atoms in total. The van der Waals surface area contributed by atoms with E-state index in [0.717, 1.165) is 6.08 Å². The molecule has 0 saturated carbocycles. The van der Waals surface area contributed by atoms with Crippen LogP contribution in [0.1, 0.15) is 15.9 Å². The molecule has 0 amide bonds. The molecule has 0 spiro atoms. The van der Waals surface area contributed by atoms with Crippen molar-refractivity contribution in [3.63, 3.8) is 0 Å². The molecule has 0 saturated heterocycles. The first-order valence-corrected chi connectivity index (χ1v) is 7.27. The lowest BCUT2D eigenvalue weighted by Gasteiger charge is -2.03. The minimum Gasteiger partial charge on any atom is -0.497 e. The van der Waals surface area contributed by atoms with Crippen LogP contribution in [-0.4, -0.2) is 30.4 Å². The number of rotatable bonds is 7. The van der Waals surface area contributed by atoms with Gasteiger partial charge >= 0.3 is 5.97 Å². The van der Waals surface area contributed by atoms with E-state index in [1.807, 2.05) is 0 Å². The quantitative estimate of drug-likeness (QED) is 0.252. The Morgan fingerprint density at radius 1 is 1.12 bits per heavy atom. The van der Waals surface area contributed by atoms with Gasteiger partial charge in [0.2, 0.25) is 0 Å². The van der Waals surface area contributed by atoms with Crippen molar-refractivity contribution in [2.75, 3.05) is 13.7 Å². The van der Waals surface area contributed by atoms with Crippen LogP contribution >= 0.6 is 0 Å². The highest BCUT2D eigenvalue weighted by molar-refractivity contribution is 5.99. The maximum Gasteiger partial charge on any atom is 0.331 e. The van der Waals surface area contributed by atoms with E-state index in [1.54, 1.807) is 30.3 Å². The number of methoxy groups -OCH3 is 1. The Labute approximate surface area is 143 Å². The maximum atomic E-state index is 11.9. The van der Waals surface area contributed by atoms with Crippen LogP contribution in [0, 0.1) is 10.1 Å². The van der Waals surface area contributed by atoms with E-state index in [2.05, 4.69) is 0 Å². The van der Waals surface area contributed by atoms with E-state index in [1.165, 1.54) is 31.4 Å². The molecule has 0 aliphatic heterocycles. The molecule has 2 aromatic rings. The summed E-state index contributed by atoms with van der Waals surface area (Å²) in [6.07, 6.45) is 2.32. The molecule has 0 radical (unpaired) electrons. The average molecular weight is 341 g/mol. The van der Waals surface area contributed by atoms with Crippen molar-refractivity contribution in [3.8, 4) is 5.75 Å². The second-order valence-corrected chi connectivity index (χ2v) is 4.91. The molecule has 0 bridgehead atoms. The normalized spacial score (nSPS) is 10.4. The van der Waals surface area contributed by atoms with Crippen LogP contribution in [0.4, 0.5) is 5.69 Å². The van der Waals surface area contributed by atoms with E-state index in [9.17, 15) is 19.7 Å². The Kier molecular flexibility index (Phi) is 6.00. The number of carbonyl (C=O) groups is 2. The largest absolute Gasteiger partial charge is 0.497 e. The fourth-order valence-corrected chi connectivity index (χ4v) is 2.00. The van der Waals surface area contributed by atoms with Gasteiger partial charge in [-0.15, -0.1) is 0 Å². The number of ketones is 1. The average Bonchev–Trinajstić information content (AvgIpc) is 2.64. The van der Waals surface area contributed by atoms with Crippen molar-refractivity contribution in [2.45, 2.75) is 0 Å². The van der Waals surface area contributed by atoms with Gasteiger partial charge in [-0.05, 0) is 36.4 Å². The van der Waals surface area contributed by atoms with Crippen LogP contribution in [0.5, 0.6) is 5.75 Å². The van der Waals surface area contributed by atoms with E-state index in [4.69, 9.17) is 9.47 Å². The van der Waals surface area contributed by atoms with Gasteiger partial charge in [-0.2, -0.15) is 0 Å². The Bertz CT molecular complexity index is 811. The van der Waals surface area contributed by atoms with Crippen LogP contribution in [-0.2, 0) is 9.53 Å². The summed E-state index contributed by atoms with van der Waals surface area (Å²) in [5.74, 6) is -0.518. The van der Waals surface area contributed by atoms with E-state index in [-0.39, 0.29) is 17.0 Å². The Balaban J connectivity index is 1.94. The highest BCUT2D eigenvalue weighted by Crippen LogP contribution is 2.19. The molecule has 0 atom stereocenters. The van der Waals surface area contributed by atoms with Crippen LogP contribution in [0.3, 0.4) is 0 Å². The molecule has 25 heavy (non-hydrogen) atoms. The number of ether oxygens (including phenoxy) is 2. The highest BCUT2D eigenvalue weighted by atomic mass is 16.6. The molecule has 0 heterocycles. The topological polar surface area (TPSA) is 95.7 Å². The van der Waals surface area contributed by atoms with Crippen molar-refractivity contribution < 1.29 is 24.0 Å². The molecule has 0 unspecified atom stereocenters. The highest BCUT2D eigenvalue weighted by Gasteiger charge is 2.11. The summed E-state index contributed by atoms with van der Waals surface area (Å²) in [5.41, 5.74) is 0.531. The van der Waals surface area contributed by atoms with Gasteiger partial charge in [0.1, 0.15) is 5.75 Å². The van der Waals surface area contributed by atoms with Crippen LogP contribution in [0.2, 0.25) is 0 Å². The minimum absolute atomic E-state index is 0.124. The first-order chi connectivity index (χ1) is 12.0. The van der Waals surface area contributed by atoms with Crippen molar-refractivity contribution in [1.29, 1.82) is 0 Å². The first-order valence-electron chi connectivity index (χ1n) is 7.27. The summed E-state index contributed by atoms with van der Waals surface area (Å²) >= 11 is 0. The Hall–Kier alpha value is -3.48. The van der Waals surface area contributed by atoms with Crippen molar-refractivity contribution >= 4 is 23.5 Å². The number of carbonyl (C=O) groups excluding carboxylic acids is 2. The molecule has 0 aliphatic carbocycles. The number of hydrogen-bond acceptors (Lipinski definition) is 6. The number of para-hydroxylation sites is 1. The van der Waals surface area contributed by atoms with Crippen LogP contribution in [0.15, 0.2) is 54.6 Å². The third-order valence-corrected chi connectivity index (χ3v) is 3.29. The molecule has 0 fully saturated rings. The zero-order valence-electron chi connectivity index (χ0n) is 13.4. The second-order valence-electron chi connectivity index (χ2n) is 4.91. The van der Waals surface area contributed by atoms with E-state index in [0.29, 0.717) is 11.3 Å². The lowest BCUT2D eigenvalue weighted by molar-refractivity contribution is -0.385. The molecule has 0 N–H and O–H groups in total. The Morgan fingerprint density at radius 2 is 1.80 bits per heavy atom. The van der Waals surface area contributed by atoms with Gasteiger partial charge in [0.15, 0.2) is 12.4 Å². The number of hydrogen-bond donors (Lipinski definition) is 0. The van der Waals surface area contributed by atoms with Gasteiger partial charge in [-0.3, -0.25) is 14.9 Å². The predicted molar refractivity (Wildman–Crippen MR) is 90.4 cm³/mol. The lowest BCUT2D eigenvalue weighted by Crippen LogP contribution is -2.12. The fraction of sp³-hybridized carbons (Fsp3) is 0.111. The first kappa shape index (κ1) is 17.9. The zero-order valence-corrected chi connectivity index (χ0v) is 13.4. The summed E-state index contributed by atoms with van der Waals surface area (Å²) in [6, 6.07) is 12.4. The molecular weight excluding hydrogens is 326 g/mol. The second kappa shape index (κ2) is 8.39. The van der Waals surface area contributed by atoms with Gasteiger partial charge in [0, 0.05) is 17.7 Å². The number of nitro groups is 1. The van der Waals surface area contributed by atoms with E-state index >= 15 is 0 Å². The molecule has 2 aromatic carbocycles. The number of nitro benzene ring substituents is 1. The van der Waals surface area contributed by atoms with Gasteiger partial charge < -0.3 is 9.47 Å². The third kappa shape index (κ3) is 5.00. The van der Waals surface area contributed by atoms with Crippen LogP contribution in [0.25, 0.3) is 6.08 Å². The third-order valence-electron chi connectivity index (χ3n) is 3.29. The fourth-order valence-electron chi connectivity index (χ4n) is 2.00. The summed E-state index contributed by atoms with van der Waals surface area (Å²) in [4.78, 5) is 34.0. The summed E-state index contributed by atoms with van der Waals surface area (Å²) in [5, 5.41) is 10.9. The van der Waals surface area contributed by atoms with E-state index < -0.39 is 17.5 Å². The van der Waals surface area contributed by atoms with Gasteiger partial charge in [-0.25, -0.2) is 4.79 Å². The van der Waals surface area contributed by atoms with Crippen molar-refractivity contribution in [1.82, 2.24) is 0 Å². The number of benzene rings is 2. The summed E-state index contributed by atoms with van der Waals surface area (Å²) in [6.45, 7) is -0.424. The van der Waals surface area contributed by atoms with Gasteiger partial charge in [0.05, 0.1) is 17.6 Å². The monoisotopic (exact) mass is 341 g/mol. The molecule has 0 aromatic heterocycles. The SMILES string of the molecule is COc1ccc(C(=O)COC(=O)C=Cc2ccccc2[N+](=O)[O-])cc1.